The second-order valence-corrected chi connectivity index (χ2v) is 8.02. The first kappa shape index (κ1) is 21.4. The van der Waals surface area contributed by atoms with E-state index in [1.54, 1.807) is 12.1 Å². The Morgan fingerprint density at radius 2 is 2.14 bits per heavy atom. The maximum atomic E-state index is 13.4. The van der Waals surface area contributed by atoms with Crippen molar-refractivity contribution in [3.8, 4) is 5.75 Å². The minimum Gasteiger partial charge on any atom is -0.491 e. The molecule has 0 radical (unpaired) electrons. The van der Waals surface area contributed by atoms with E-state index < -0.39 is 0 Å². The average Bonchev–Trinajstić information content (AvgIpc) is 2.66. The van der Waals surface area contributed by atoms with E-state index >= 15 is 0 Å². The number of carbonyl (C=O) groups excluding carboxylic acids is 2. The standard InChI is InChI=1S/C22H26ClFN2O3/c1-15(27)11-22(28)25-17-8-9-21(20(23)13-17)26-10-3-2-6-18(26)14-29-19-7-4-5-16(24)12-19/h4-5,7-9,12,18,20H,2-3,6,10-11,13-14H2,1H3,(H,25,28). The van der Waals surface area contributed by atoms with Crippen LogP contribution in [0.15, 0.2) is 47.8 Å². The number of ketones is 1. The number of halogens is 2. The third-order valence-electron chi connectivity index (χ3n) is 5.08. The summed E-state index contributed by atoms with van der Waals surface area (Å²) >= 11 is 6.64. The number of amides is 1. The quantitative estimate of drug-likeness (QED) is 0.536. The second kappa shape index (κ2) is 9.92. The fraction of sp³-hybridized carbons (Fsp3) is 0.455. The molecule has 3 rings (SSSR count). The highest BCUT2D eigenvalue weighted by Crippen LogP contribution is 2.31. The van der Waals surface area contributed by atoms with Crippen molar-refractivity contribution in [2.75, 3.05) is 13.2 Å². The zero-order valence-corrected chi connectivity index (χ0v) is 17.3. The van der Waals surface area contributed by atoms with Crippen LogP contribution >= 0.6 is 11.6 Å². The molecule has 1 aromatic carbocycles. The molecule has 29 heavy (non-hydrogen) atoms. The fourth-order valence-corrected chi connectivity index (χ4v) is 4.10. The molecule has 1 amide bonds. The number of benzene rings is 1. The van der Waals surface area contributed by atoms with E-state index in [2.05, 4.69) is 10.2 Å². The number of allylic oxidation sites excluding steroid dienone is 4. The van der Waals surface area contributed by atoms with Gasteiger partial charge in [-0.25, -0.2) is 4.39 Å². The minimum absolute atomic E-state index is 0.132. The van der Waals surface area contributed by atoms with Gasteiger partial charge in [-0.15, -0.1) is 11.6 Å². The number of alkyl halides is 1. The summed E-state index contributed by atoms with van der Waals surface area (Å²) in [5.74, 6) is -0.287. The molecule has 1 aliphatic carbocycles. The van der Waals surface area contributed by atoms with Gasteiger partial charge in [-0.05, 0) is 50.5 Å². The molecule has 1 aliphatic heterocycles. The predicted molar refractivity (Wildman–Crippen MR) is 110 cm³/mol. The van der Waals surface area contributed by atoms with Crippen LogP contribution in [0.4, 0.5) is 4.39 Å². The fourth-order valence-electron chi connectivity index (χ4n) is 3.74. The molecular formula is C22H26ClFN2O3. The second-order valence-electron chi connectivity index (χ2n) is 7.49. The summed E-state index contributed by atoms with van der Waals surface area (Å²) in [6, 6.07) is 6.31. The highest BCUT2D eigenvalue weighted by atomic mass is 35.5. The number of piperidine rings is 1. The van der Waals surface area contributed by atoms with Crippen molar-refractivity contribution in [3.63, 3.8) is 0 Å². The van der Waals surface area contributed by atoms with E-state index in [0.29, 0.717) is 24.5 Å². The number of Topliss-reactive ketones (excluding diaryl/α,β-unsaturated/α-hetero) is 1. The number of hydrogen-bond donors (Lipinski definition) is 1. The third kappa shape index (κ3) is 6.07. The summed E-state index contributed by atoms with van der Waals surface area (Å²) in [5.41, 5.74) is 1.72. The van der Waals surface area contributed by atoms with Crippen LogP contribution in [0.5, 0.6) is 5.75 Å². The highest BCUT2D eigenvalue weighted by Gasteiger charge is 2.30. The summed E-state index contributed by atoms with van der Waals surface area (Å²) in [5, 5.41) is 2.49. The largest absolute Gasteiger partial charge is 0.491 e. The SMILES string of the molecule is CC(=O)CC(=O)NC1=CC=C(N2CCCCC2COc2cccc(F)c2)C(Cl)C1. The smallest absolute Gasteiger partial charge is 0.231 e. The molecule has 5 nitrogen and oxygen atoms in total. The van der Waals surface area contributed by atoms with Gasteiger partial charge in [0.1, 0.15) is 24.0 Å². The molecule has 1 N–H and O–H groups in total. The van der Waals surface area contributed by atoms with Crippen LogP contribution in [0.3, 0.4) is 0 Å². The molecule has 1 heterocycles. The Morgan fingerprint density at radius 3 is 2.86 bits per heavy atom. The van der Waals surface area contributed by atoms with Gasteiger partial charge in [0.15, 0.2) is 0 Å². The van der Waals surface area contributed by atoms with E-state index in [9.17, 15) is 14.0 Å². The number of ether oxygens (including phenoxy) is 1. The molecule has 2 aliphatic rings. The predicted octanol–water partition coefficient (Wildman–Crippen LogP) is 3.93. The lowest BCUT2D eigenvalue weighted by molar-refractivity contribution is -0.126. The molecule has 1 saturated heterocycles. The third-order valence-corrected chi connectivity index (χ3v) is 5.46. The Kier molecular flexibility index (Phi) is 7.31. The molecule has 2 unspecified atom stereocenters. The van der Waals surface area contributed by atoms with Gasteiger partial charge in [0.25, 0.3) is 0 Å². The summed E-state index contributed by atoms with van der Waals surface area (Å²) in [4.78, 5) is 25.2. The van der Waals surface area contributed by atoms with Gasteiger partial charge in [-0.1, -0.05) is 6.07 Å². The lowest BCUT2D eigenvalue weighted by Gasteiger charge is -2.41. The summed E-state index contributed by atoms with van der Waals surface area (Å²) in [7, 11) is 0. The Balaban J connectivity index is 1.66. The van der Waals surface area contributed by atoms with Gasteiger partial charge in [0, 0.05) is 30.4 Å². The molecule has 1 aromatic rings. The van der Waals surface area contributed by atoms with Crippen LogP contribution in [0, 0.1) is 5.82 Å². The number of carbonyl (C=O) groups is 2. The van der Waals surface area contributed by atoms with Crippen molar-refractivity contribution in [3.05, 3.63) is 53.6 Å². The van der Waals surface area contributed by atoms with E-state index in [1.807, 2.05) is 12.2 Å². The van der Waals surface area contributed by atoms with Crippen molar-refractivity contribution in [1.82, 2.24) is 10.2 Å². The molecular weight excluding hydrogens is 395 g/mol. The summed E-state index contributed by atoms with van der Waals surface area (Å²) < 4.78 is 19.2. The molecule has 1 fully saturated rings. The van der Waals surface area contributed by atoms with E-state index in [-0.39, 0.29) is 35.3 Å². The van der Waals surface area contributed by atoms with E-state index in [4.69, 9.17) is 16.3 Å². The number of nitrogens with one attached hydrogen (secondary N) is 1. The number of rotatable bonds is 7. The van der Waals surface area contributed by atoms with Crippen LogP contribution in [-0.4, -0.2) is 41.2 Å². The van der Waals surface area contributed by atoms with Gasteiger partial charge in [0.05, 0.1) is 17.8 Å². The maximum absolute atomic E-state index is 13.4. The normalized spacial score (nSPS) is 21.8. The lowest BCUT2D eigenvalue weighted by atomic mass is 9.98. The molecule has 7 heteroatoms. The molecule has 2 atom stereocenters. The van der Waals surface area contributed by atoms with Gasteiger partial charge >= 0.3 is 0 Å². The lowest BCUT2D eigenvalue weighted by Crippen LogP contribution is -2.45. The highest BCUT2D eigenvalue weighted by molar-refractivity contribution is 6.22. The number of nitrogens with zero attached hydrogens (tertiary/aromatic N) is 1. The Labute approximate surface area is 175 Å². The first-order chi connectivity index (χ1) is 13.9. The monoisotopic (exact) mass is 420 g/mol. The van der Waals surface area contributed by atoms with Crippen LogP contribution < -0.4 is 10.1 Å². The molecule has 0 spiro atoms. The van der Waals surface area contributed by atoms with Gasteiger partial charge in [0.2, 0.25) is 5.91 Å². The minimum atomic E-state index is -0.316. The van der Waals surface area contributed by atoms with Crippen LogP contribution in [-0.2, 0) is 9.59 Å². The van der Waals surface area contributed by atoms with E-state index in [0.717, 1.165) is 31.5 Å². The summed E-state index contributed by atoms with van der Waals surface area (Å²) in [6.45, 7) is 2.72. The number of likely N-dealkylation sites (tertiary alicyclic amines) is 1. The van der Waals surface area contributed by atoms with Crippen LogP contribution in [0.1, 0.15) is 39.0 Å². The first-order valence-electron chi connectivity index (χ1n) is 9.91. The van der Waals surface area contributed by atoms with Gasteiger partial charge in [-0.2, -0.15) is 0 Å². The molecule has 0 saturated carbocycles. The Hall–Kier alpha value is -2.34. The Bertz CT molecular complexity index is 824. The van der Waals surface area contributed by atoms with E-state index in [1.165, 1.54) is 19.1 Å². The zero-order chi connectivity index (χ0) is 20.8. The van der Waals surface area contributed by atoms with Gasteiger partial charge in [-0.3, -0.25) is 9.59 Å². The molecule has 0 aromatic heterocycles. The van der Waals surface area contributed by atoms with Crippen LogP contribution in [0.2, 0.25) is 0 Å². The average molecular weight is 421 g/mol. The van der Waals surface area contributed by atoms with Crippen molar-refractivity contribution < 1.29 is 18.7 Å². The van der Waals surface area contributed by atoms with Crippen LogP contribution in [0.25, 0.3) is 0 Å². The van der Waals surface area contributed by atoms with Crippen molar-refractivity contribution in [2.24, 2.45) is 0 Å². The van der Waals surface area contributed by atoms with Gasteiger partial charge < -0.3 is 15.0 Å². The summed E-state index contributed by atoms with van der Waals surface area (Å²) in [6.07, 6.45) is 7.30. The topological polar surface area (TPSA) is 58.6 Å². The van der Waals surface area contributed by atoms with Crippen molar-refractivity contribution >= 4 is 23.3 Å². The van der Waals surface area contributed by atoms with Crippen molar-refractivity contribution in [2.45, 2.75) is 50.4 Å². The number of hydrogen-bond acceptors (Lipinski definition) is 4. The maximum Gasteiger partial charge on any atom is 0.231 e. The first-order valence-corrected chi connectivity index (χ1v) is 10.3. The molecule has 156 valence electrons. The van der Waals surface area contributed by atoms with Crippen molar-refractivity contribution in [1.29, 1.82) is 0 Å². The zero-order valence-electron chi connectivity index (χ0n) is 16.5. The Morgan fingerprint density at radius 1 is 1.31 bits per heavy atom. The molecule has 0 bridgehead atoms.